The molecule has 0 aliphatic heterocycles. The van der Waals surface area contributed by atoms with Crippen LogP contribution in [0, 0.1) is 59.0 Å². The normalized spacial score (nSPS) is 13.2. The molecular weight excluding hydrogens is 1230 g/mol. The third kappa shape index (κ3) is 16.4. The number of aryl methyl sites for hydroxylation is 3. The summed E-state index contributed by atoms with van der Waals surface area (Å²) in [5, 5.41) is 24.3. The maximum atomic E-state index is 13.5. The number of alkyl halides is 2. The first kappa shape index (κ1) is 71.6. The average Bonchev–Trinajstić information content (AvgIpc) is 1.91. The monoisotopic (exact) mass is 1300 g/mol. The van der Waals surface area contributed by atoms with Crippen LogP contribution in [0.3, 0.4) is 0 Å². The number of carbonyl (C=O) groups excluding carboxylic acids is 9. The van der Waals surface area contributed by atoms with Crippen LogP contribution >= 0.6 is 34.8 Å². The maximum absolute atomic E-state index is 13.5. The van der Waals surface area contributed by atoms with E-state index in [1.165, 1.54) is 96.4 Å². The number of nitrogens with zero attached hydrogens (tertiary/aromatic N) is 3. The number of aromatic nitrogens is 3. The molecule has 1 aliphatic rings. The lowest BCUT2D eigenvalue weighted by Crippen LogP contribution is -2.63. The highest BCUT2D eigenvalue weighted by atomic mass is 35.5. The number of anilines is 3. The molecule has 7 N–H and O–H groups in total. The smallest absolute Gasteiger partial charge is 0.294 e. The number of amides is 6. The fourth-order valence-corrected chi connectivity index (χ4v) is 10.7. The lowest BCUT2D eigenvalue weighted by Gasteiger charge is -2.47. The molecule has 6 aromatic rings. The summed E-state index contributed by atoms with van der Waals surface area (Å²) in [5.41, 5.74) is 1.16. The number of hydrogen-bond donors (Lipinski definition) is 7. The van der Waals surface area contributed by atoms with E-state index in [4.69, 9.17) is 34.8 Å². The fourth-order valence-electron chi connectivity index (χ4n) is 9.69. The topological polar surface area (TPSA) is 261 Å². The number of nitrogens with one attached hydrogen (secondary N) is 6. The molecule has 0 saturated heterocycles. The number of ketones is 3. The highest BCUT2D eigenvalue weighted by Gasteiger charge is 2.56. The summed E-state index contributed by atoms with van der Waals surface area (Å²) in [6, 6.07) is 11.7. The summed E-state index contributed by atoms with van der Waals surface area (Å²) in [6.07, 6.45) is -0.375. The Balaban J connectivity index is 0.000000244. The Hall–Kier alpha value is -8.19. The summed E-state index contributed by atoms with van der Waals surface area (Å²) in [7, 11) is 4.44. The first-order valence-corrected chi connectivity index (χ1v) is 28.7. The van der Waals surface area contributed by atoms with E-state index in [0.717, 1.165) is 0 Å². The zero-order chi connectivity index (χ0) is 67.3. The minimum absolute atomic E-state index is 0.0207. The Kier molecular flexibility index (Phi) is 22.9. The van der Waals surface area contributed by atoms with E-state index in [0.29, 0.717) is 45.9 Å². The molecule has 0 bridgehead atoms. The van der Waals surface area contributed by atoms with E-state index < -0.39 is 100 Å². The molecule has 89 heavy (non-hydrogen) atoms. The standard InChI is InChI=1S/C22H23ClF3N3O3.C20H23ClFN3O4.C20H23ClFN3O3/c1-5-21(9-22(25,26)10-21)28-20(32)17(30)16-12(3)15(18(23)29(16)4)19(31)27-13-6-7-14(24)11(2)8-13;1-5-12(9-26)23-20(29)18(27)17-16(21)15(11(3)25(17)4)19(28)24-13-6-7-14(22)10(2)8-13;1-10-9-12(7-8-13(10)22)23-18(27)14-11(2)15(25(6)17(14)21)16(26)19(28)24-20(3,4)5/h6-8H,5,9-10H2,1-4H3,(H,27,31)(H,28,32);6-8,12,26H,5,9H2,1-4H3,(H,23,29)(H,24,28);7-9H,1-6H3,(H,23,27)(H,24,28)/t;12-;/m.0./s1. The van der Waals surface area contributed by atoms with Crippen LogP contribution in [0.2, 0.25) is 15.3 Å². The van der Waals surface area contributed by atoms with Crippen LogP contribution in [0.1, 0.15) is 156 Å². The van der Waals surface area contributed by atoms with Crippen LogP contribution in [-0.4, -0.2) is 101 Å². The first-order valence-electron chi connectivity index (χ1n) is 27.6. The minimum atomic E-state index is -2.87. The molecule has 1 aliphatic carbocycles. The molecule has 6 amide bonds. The van der Waals surface area contributed by atoms with E-state index in [2.05, 4.69) is 31.9 Å². The first-order chi connectivity index (χ1) is 41.3. The molecule has 19 nitrogen and oxygen atoms in total. The molecule has 1 atom stereocenters. The van der Waals surface area contributed by atoms with Crippen LogP contribution < -0.4 is 31.9 Å². The van der Waals surface area contributed by atoms with E-state index in [9.17, 15) is 70.2 Å². The van der Waals surface area contributed by atoms with Crippen molar-refractivity contribution in [3.05, 3.63) is 155 Å². The number of carbonyl (C=O) groups is 9. The SMILES string of the molecule is CCC1(NC(=O)C(=O)c2c(C)c(C(=O)Nc3ccc(F)c(C)c3)c(Cl)n2C)CC(F)(F)C1.CC[C@@H](CO)NC(=O)C(=O)c1c(Cl)c(C(=O)Nc2ccc(F)c(C)c2)c(C)n1C.Cc1cc(NC(=O)c2c(C)c(C(=O)C(=O)NC(C)(C)C)n(C)c2Cl)ccc1F. The Morgan fingerprint density at radius 1 is 0.573 bits per heavy atom. The number of benzene rings is 3. The molecule has 0 unspecified atom stereocenters. The third-order valence-electron chi connectivity index (χ3n) is 14.7. The van der Waals surface area contributed by atoms with Gasteiger partial charge in [0.05, 0.1) is 51.3 Å². The number of Topliss-reactive ketones (excluding diaryl/α,β-unsaturated/α-hetero) is 3. The van der Waals surface area contributed by atoms with Crippen molar-refractivity contribution in [2.75, 3.05) is 22.6 Å². The Bertz CT molecular complexity index is 3840. The molecule has 0 spiro atoms. The van der Waals surface area contributed by atoms with Gasteiger partial charge in [-0.25, -0.2) is 22.0 Å². The van der Waals surface area contributed by atoms with Crippen LogP contribution in [-0.2, 0) is 35.5 Å². The second-order valence-electron chi connectivity index (χ2n) is 22.6. The van der Waals surface area contributed by atoms with Crippen molar-refractivity contribution in [2.24, 2.45) is 21.1 Å². The molecule has 3 heterocycles. The Morgan fingerprint density at radius 3 is 1.28 bits per heavy atom. The van der Waals surface area contributed by atoms with Crippen molar-refractivity contribution in [3.8, 4) is 0 Å². The van der Waals surface area contributed by atoms with Crippen molar-refractivity contribution < 1.29 is 70.2 Å². The average molecular weight is 1300 g/mol. The van der Waals surface area contributed by atoms with Crippen LogP contribution in [0.4, 0.5) is 39.0 Å². The van der Waals surface area contributed by atoms with Gasteiger partial charge in [-0.3, -0.25) is 43.2 Å². The van der Waals surface area contributed by atoms with Gasteiger partial charge >= 0.3 is 0 Å². The van der Waals surface area contributed by atoms with E-state index in [1.807, 2.05) is 0 Å². The van der Waals surface area contributed by atoms with Crippen LogP contribution in [0.5, 0.6) is 0 Å². The molecule has 3 aromatic carbocycles. The molecular formula is C62H69Cl3F5N9O10. The van der Waals surface area contributed by atoms with Crippen LogP contribution in [0.25, 0.3) is 0 Å². The van der Waals surface area contributed by atoms with Gasteiger partial charge < -0.3 is 50.7 Å². The summed E-state index contributed by atoms with van der Waals surface area (Å²) in [6.45, 7) is 17.7. The third-order valence-corrected chi connectivity index (χ3v) is 16.0. The molecule has 7 rings (SSSR count). The van der Waals surface area contributed by atoms with Crippen molar-refractivity contribution >= 4 is 105 Å². The van der Waals surface area contributed by atoms with E-state index in [1.54, 1.807) is 69.2 Å². The number of aliphatic hydroxyl groups is 1. The van der Waals surface area contributed by atoms with Crippen molar-refractivity contribution in [3.63, 3.8) is 0 Å². The Labute approximate surface area is 525 Å². The van der Waals surface area contributed by atoms with Crippen molar-refractivity contribution in [1.82, 2.24) is 29.7 Å². The summed E-state index contributed by atoms with van der Waals surface area (Å²) in [4.78, 5) is 113. The predicted molar refractivity (Wildman–Crippen MR) is 328 cm³/mol. The highest BCUT2D eigenvalue weighted by Crippen LogP contribution is 2.47. The maximum Gasteiger partial charge on any atom is 0.294 e. The molecule has 1 fully saturated rings. The quantitative estimate of drug-likeness (QED) is 0.0258. The number of aliphatic hydroxyl groups excluding tert-OH is 1. The summed E-state index contributed by atoms with van der Waals surface area (Å²) < 4.78 is 70.9. The van der Waals surface area contributed by atoms with Crippen molar-refractivity contribution in [1.29, 1.82) is 0 Å². The van der Waals surface area contributed by atoms with Gasteiger partial charge in [0, 0.05) is 62.3 Å². The number of rotatable bonds is 17. The van der Waals surface area contributed by atoms with E-state index >= 15 is 0 Å². The largest absolute Gasteiger partial charge is 0.394 e. The number of hydrogen-bond acceptors (Lipinski definition) is 10. The minimum Gasteiger partial charge on any atom is -0.394 e. The molecule has 1 saturated carbocycles. The van der Waals surface area contributed by atoms with Crippen molar-refractivity contribution in [2.45, 2.75) is 125 Å². The van der Waals surface area contributed by atoms with Gasteiger partial charge in [0.1, 0.15) is 33.5 Å². The van der Waals surface area contributed by atoms with Gasteiger partial charge in [0.25, 0.3) is 58.7 Å². The zero-order valence-electron chi connectivity index (χ0n) is 51.3. The Morgan fingerprint density at radius 2 is 0.944 bits per heavy atom. The molecule has 478 valence electrons. The highest BCUT2D eigenvalue weighted by molar-refractivity contribution is 6.48. The molecule has 0 radical (unpaired) electrons. The van der Waals surface area contributed by atoms with Gasteiger partial charge in [-0.2, -0.15) is 0 Å². The van der Waals surface area contributed by atoms with Gasteiger partial charge in [-0.15, -0.1) is 0 Å². The zero-order valence-corrected chi connectivity index (χ0v) is 53.6. The number of halogens is 8. The lowest BCUT2D eigenvalue weighted by atomic mass is 9.71. The van der Waals surface area contributed by atoms with Crippen LogP contribution in [0.15, 0.2) is 54.6 Å². The predicted octanol–water partition coefficient (Wildman–Crippen LogP) is 11.1. The lowest BCUT2D eigenvalue weighted by molar-refractivity contribution is -0.145. The van der Waals surface area contributed by atoms with Gasteiger partial charge in [-0.05, 0) is 158 Å². The summed E-state index contributed by atoms with van der Waals surface area (Å²) >= 11 is 18.9. The van der Waals surface area contributed by atoms with E-state index in [-0.39, 0.29) is 79.1 Å². The second-order valence-corrected chi connectivity index (χ2v) is 23.7. The summed E-state index contributed by atoms with van der Waals surface area (Å²) in [5.74, 6) is -11.3. The fraction of sp³-hybridized carbons (Fsp3) is 0.371. The van der Waals surface area contributed by atoms with Gasteiger partial charge in [-0.1, -0.05) is 48.7 Å². The molecule has 3 aromatic heterocycles. The van der Waals surface area contributed by atoms with Gasteiger partial charge in [0.15, 0.2) is 0 Å². The molecule has 27 heteroatoms. The van der Waals surface area contributed by atoms with Gasteiger partial charge in [0.2, 0.25) is 0 Å². The second kappa shape index (κ2) is 28.5.